The van der Waals surface area contributed by atoms with E-state index < -0.39 is 0 Å². The van der Waals surface area contributed by atoms with Crippen molar-refractivity contribution in [3.05, 3.63) is 35.5 Å². The number of nitrogens with one attached hydrogen (secondary N) is 1. The number of nitrogens with zero attached hydrogens (tertiary/aromatic N) is 1. The van der Waals surface area contributed by atoms with Crippen LogP contribution in [0.1, 0.15) is 24.5 Å². The number of hydrogen-bond acceptors (Lipinski definition) is 3. The summed E-state index contributed by atoms with van der Waals surface area (Å²) in [6.45, 7) is 1.47. The zero-order valence-electron chi connectivity index (χ0n) is 9.29. The van der Waals surface area contributed by atoms with Gasteiger partial charge in [-0.1, -0.05) is 0 Å². The van der Waals surface area contributed by atoms with E-state index in [1.807, 2.05) is 6.07 Å². The number of carbonyl (C=O) groups is 2. The molecule has 89 valence electrons. The van der Waals surface area contributed by atoms with Gasteiger partial charge >= 0.3 is 0 Å². The van der Waals surface area contributed by atoms with Crippen LogP contribution >= 0.6 is 0 Å². The number of hydrogen-bond donors (Lipinski definition) is 1. The van der Waals surface area contributed by atoms with Crippen LogP contribution in [0.4, 0.5) is 5.82 Å². The zero-order chi connectivity index (χ0) is 11.5. The zero-order valence-corrected chi connectivity index (χ0v) is 12.0. The molecule has 1 aliphatic rings. The van der Waals surface area contributed by atoms with Gasteiger partial charge in [0, 0.05) is 26.8 Å². The maximum Gasteiger partial charge on any atom is 0.225 e. The Balaban J connectivity index is 0.00000144. The first-order valence-electron chi connectivity index (χ1n) is 5.04. The molecule has 1 aliphatic heterocycles. The van der Waals surface area contributed by atoms with Crippen LogP contribution in [-0.2, 0) is 36.4 Å². The van der Waals surface area contributed by atoms with Crippen molar-refractivity contribution in [2.24, 2.45) is 0 Å². The van der Waals surface area contributed by atoms with E-state index in [1.165, 1.54) is 13.0 Å². The minimum Gasteiger partial charge on any atom is -0.352 e. The summed E-state index contributed by atoms with van der Waals surface area (Å²) in [7, 11) is 0. The second kappa shape index (κ2) is 5.85. The van der Waals surface area contributed by atoms with Gasteiger partial charge in [-0.15, -0.1) is 23.8 Å². The maximum atomic E-state index is 11.1. The van der Waals surface area contributed by atoms with Gasteiger partial charge in [0.05, 0.1) is 5.78 Å². The minimum atomic E-state index is -0.0500. The number of anilines is 1. The van der Waals surface area contributed by atoms with Gasteiger partial charge in [-0.2, -0.15) is 0 Å². The van der Waals surface area contributed by atoms with Gasteiger partial charge in [0.15, 0.2) is 0 Å². The fourth-order valence-corrected chi connectivity index (χ4v) is 1.52. The average molecular weight is 401 g/mol. The summed E-state index contributed by atoms with van der Waals surface area (Å²) in [5.41, 5.74) is 1.74. The molecule has 0 fully saturated rings. The molecule has 5 heteroatoms. The largest absolute Gasteiger partial charge is 0.352 e. The number of ketones is 1. The Kier molecular flexibility index (Phi) is 4.74. The number of allylic oxidation sites excluding steroid dienone is 1. The number of aryl methyl sites for hydroxylation is 1. The van der Waals surface area contributed by atoms with Crippen molar-refractivity contribution in [1.82, 2.24) is 4.98 Å². The van der Waals surface area contributed by atoms with Gasteiger partial charge in [-0.05, 0) is 25.1 Å². The third-order valence-electron chi connectivity index (χ3n) is 2.29. The summed E-state index contributed by atoms with van der Waals surface area (Å²) in [6, 6.07) is 1.89. The molecular formula is C12H11N2O2Re-. The molecular weight excluding hydrogens is 390 g/mol. The topological polar surface area (TPSA) is 59.1 Å². The number of amides is 1. The quantitative estimate of drug-likeness (QED) is 0.600. The molecule has 17 heavy (non-hydrogen) atoms. The van der Waals surface area contributed by atoms with Crippen LogP contribution in [0, 0.1) is 6.08 Å². The number of aromatic nitrogens is 1. The first-order chi connectivity index (χ1) is 7.65. The molecule has 2 rings (SSSR count). The Bertz CT molecular complexity index is 483. The molecule has 1 amide bonds. The van der Waals surface area contributed by atoms with Crippen LogP contribution in [0.2, 0.25) is 0 Å². The predicted molar refractivity (Wildman–Crippen MR) is 58.8 cm³/mol. The third-order valence-corrected chi connectivity index (χ3v) is 2.29. The van der Waals surface area contributed by atoms with Gasteiger partial charge in [0.1, 0.15) is 5.82 Å². The molecule has 1 aromatic heterocycles. The molecule has 2 heterocycles. The van der Waals surface area contributed by atoms with E-state index in [-0.39, 0.29) is 32.1 Å². The van der Waals surface area contributed by atoms with Crippen molar-refractivity contribution in [3.8, 4) is 0 Å². The van der Waals surface area contributed by atoms with Crippen LogP contribution in [0.15, 0.2) is 18.3 Å². The van der Waals surface area contributed by atoms with Crippen LogP contribution in [-0.4, -0.2) is 16.7 Å². The van der Waals surface area contributed by atoms with E-state index in [2.05, 4.69) is 16.4 Å². The van der Waals surface area contributed by atoms with Gasteiger partial charge in [0.25, 0.3) is 0 Å². The third kappa shape index (κ3) is 3.59. The number of carbonyl (C=O) groups excluding carboxylic acids is 2. The van der Waals surface area contributed by atoms with E-state index in [1.54, 1.807) is 6.20 Å². The summed E-state index contributed by atoms with van der Waals surface area (Å²) in [5, 5.41) is 2.70. The average Bonchev–Trinajstić information content (AvgIpc) is 2.26. The smallest absolute Gasteiger partial charge is 0.225 e. The molecule has 0 saturated heterocycles. The van der Waals surface area contributed by atoms with Crippen molar-refractivity contribution in [1.29, 1.82) is 0 Å². The SMILES string of the molecule is CC(=O)C=[C-]c1cnc2c(c1)CCC(=O)N2.[Re]. The Morgan fingerprint density at radius 1 is 1.53 bits per heavy atom. The first-order valence-corrected chi connectivity index (χ1v) is 5.04. The van der Waals surface area contributed by atoms with Crippen molar-refractivity contribution < 1.29 is 30.0 Å². The van der Waals surface area contributed by atoms with E-state index >= 15 is 0 Å². The predicted octanol–water partition coefficient (Wildman–Crippen LogP) is 1.26. The molecule has 0 spiro atoms. The molecule has 1 N–H and O–H groups in total. The Morgan fingerprint density at radius 3 is 3.00 bits per heavy atom. The molecule has 0 unspecified atom stereocenters. The fourth-order valence-electron chi connectivity index (χ4n) is 1.52. The minimum absolute atomic E-state index is 0. The Hall–Kier alpha value is -1.31. The van der Waals surface area contributed by atoms with Crippen LogP contribution in [0.5, 0.6) is 0 Å². The summed E-state index contributed by atoms with van der Waals surface area (Å²) in [6.07, 6.45) is 6.99. The Labute approximate surface area is 113 Å². The summed E-state index contributed by atoms with van der Waals surface area (Å²) in [5.74, 6) is 0.562. The summed E-state index contributed by atoms with van der Waals surface area (Å²) >= 11 is 0. The Morgan fingerprint density at radius 2 is 2.29 bits per heavy atom. The molecule has 0 aromatic carbocycles. The van der Waals surface area contributed by atoms with Crippen molar-refractivity contribution >= 4 is 17.5 Å². The van der Waals surface area contributed by atoms with Crippen LogP contribution in [0.3, 0.4) is 0 Å². The van der Waals surface area contributed by atoms with Crippen molar-refractivity contribution in [2.75, 3.05) is 5.32 Å². The monoisotopic (exact) mass is 402 g/mol. The molecule has 0 bridgehead atoms. The van der Waals surface area contributed by atoms with Crippen molar-refractivity contribution in [2.45, 2.75) is 19.8 Å². The first kappa shape index (κ1) is 13.8. The van der Waals surface area contributed by atoms with E-state index in [4.69, 9.17) is 0 Å². The number of fused-ring (bicyclic) bond motifs is 1. The van der Waals surface area contributed by atoms with Gasteiger partial charge < -0.3 is 10.1 Å². The number of rotatable bonds is 2. The molecule has 1 radical (unpaired) electrons. The van der Waals surface area contributed by atoms with Crippen LogP contribution in [0.25, 0.3) is 0 Å². The van der Waals surface area contributed by atoms with E-state index in [0.29, 0.717) is 18.7 Å². The summed E-state index contributed by atoms with van der Waals surface area (Å²) in [4.78, 5) is 26.0. The molecule has 0 atom stereocenters. The fraction of sp³-hybridized carbons (Fsp3) is 0.250. The molecule has 0 saturated carbocycles. The van der Waals surface area contributed by atoms with E-state index in [9.17, 15) is 9.59 Å². The summed E-state index contributed by atoms with van der Waals surface area (Å²) < 4.78 is 0. The standard InChI is InChI=1S/C12H11N2O2.Re/c1-8(15)2-3-9-6-10-4-5-11(16)14-12(10)13-7-9;/h2,6-7H,4-5H2,1H3,(H,13,14,16);/q-1;. The second-order valence-electron chi connectivity index (χ2n) is 3.68. The molecule has 4 nitrogen and oxygen atoms in total. The normalized spacial score (nSPS) is 13.8. The molecule has 1 aromatic rings. The number of pyridine rings is 1. The van der Waals surface area contributed by atoms with Gasteiger partial charge in [-0.25, -0.2) is 0 Å². The van der Waals surface area contributed by atoms with Gasteiger partial charge in [0.2, 0.25) is 5.91 Å². The molecule has 0 aliphatic carbocycles. The van der Waals surface area contributed by atoms with Crippen molar-refractivity contribution in [3.63, 3.8) is 0 Å². The second-order valence-corrected chi connectivity index (χ2v) is 3.68. The maximum absolute atomic E-state index is 11.1. The van der Waals surface area contributed by atoms with E-state index in [0.717, 1.165) is 11.1 Å². The van der Waals surface area contributed by atoms with Crippen LogP contribution < -0.4 is 5.32 Å². The van der Waals surface area contributed by atoms with Gasteiger partial charge in [-0.3, -0.25) is 9.78 Å².